The Morgan fingerprint density at radius 2 is 1.81 bits per heavy atom. The molecule has 2 rings (SSSR count). The van der Waals surface area contributed by atoms with Gasteiger partial charge in [-0.2, -0.15) is 0 Å². The average molecular weight is 477 g/mol. The molecule has 0 heterocycles. The fourth-order valence-corrected chi connectivity index (χ4v) is 3.26. The van der Waals surface area contributed by atoms with Crippen LogP contribution in [0.4, 0.5) is 0 Å². The second kappa shape index (κ2) is 11.1. The fourth-order valence-electron chi connectivity index (χ4n) is 2.48. The summed E-state index contributed by atoms with van der Waals surface area (Å²) >= 11 is 15.6. The summed E-state index contributed by atoms with van der Waals surface area (Å²) in [5, 5.41) is 13.7. The van der Waals surface area contributed by atoms with E-state index in [4.69, 9.17) is 32.7 Å². The molecule has 2 N–H and O–H groups in total. The van der Waals surface area contributed by atoms with E-state index < -0.39 is 0 Å². The highest BCUT2D eigenvalue weighted by atomic mass is 79.9. The third kappa shape index (κ3) is 6.54. The molecule has 0 saturated carbocycles. The van der Waals surface area contributed by atoms with Crippen LogP contribution in [0.3, 0.4) is 0 Å². The second-order valence-corrected chi connectivity index (χ2v) is 7.70. The lowest BCUT2D eigenvalue weighted by Gasteiger charge is -2.18. The van der Waals surface area contributed by atoms with Crippen LogP contribution in [0.15, 0.2) is 34.8 Å². The molecule has 7 heteroatoms. The molecule has 0 spiro atoms. The van der Waals surface area contributed by atoms with Crippen molar-refractivity contribution in [1.29, 1.82) is 0 Å². The minimum absolute atomic E-state index is 0.0676. The fraction of sp³-hybridized carbons (Fsp3) is 0.400. The van der Waals surface area contributed by atoms with Crippen LogP contribution in [0.5, 0.6) is 11.5 Å². The molecule has 0 saturated heterocycles. The van der Waals surface area contributed by atoms with Crippen molar-refractivity contribution in [3.8, 4) is 11.5 Å². The Morgan fingerprint density at radius 1 is 1.07 bits per heavy atom. The van der Waals surface area contributed by atoms with Crippen LogP contribution in [0.2, 0.25) is 10.0 Å². The van der Waals surface area contributed by atoms with E-state index in [0.29, 0.717) is 41.3 Å². The summed E-state index contributed by atoms with van der Waals surface area (Å²) in [7, 11) is 0. The van der Waals surface area contributed by atoms with Crippen LogP contribution in [0.1, 0.15) is 31.4 Å². The number of hydrogen-bond donors (Lipinski definition) is 2. The third-order valence-corrected chi connectivity index (χ3v) is 5.56. The first kappa shape index (κ1) is 22.3. The maximum Gasteiger partial charge on any atom is 0.162 e. The highest BCUT2D eigenvalue weighted by molar-refractivity contribution is 9.10. The zero-order valence-corrected chi connectivity index (χ0v) is 18.5. The first-order chi connectivity index (χ1) is 13.0. The highest BCUT2D eigenvalue weighted by Crippen LogP contribution is 2.35. The molecular weight excluding hydrogens is 453 g/mol. The van der Waals surface area contributed by atoms with Gasteiger partial charge in [0.25, 0.3) is 0 Å². The van der Waals surface area contributed by atoms with Gasteiger partial charge in [-0.3, -0.25) is 0 Å². The summed E-state index contributed by atoms with van der Waals surface area (Å²) in [4.78, 5) is 0. The van der Waals surface area contributed by atoms with E-state index in [9.17, 15) is 5.11 Å². The summed E-state index contributed by atoms with van der Waals surface area (Å²) in [5.41, 5.74) is 1.95. The van der Waals surface area contributed by atoms with E-state index >= 15 is 0 Å². The number of aliphatic hydroxyl groups excluding tert-OH is 1. The third-order valence-electron chi connectivity index (χ3n) is 4.09. The number of hydrogen-bond acceptors (Lipinski definition) is 4. The van der Waals surface area contributed by atoms with Crippen molar-refractivity contribution in [2.75, 3.05) is 13.2 Å². The van der Waals surface area contributed by atoms with E-state index in [2.05, 4.69) is 21.2 Å². The number of aliphatic hydroxyl groups is 1. The summed E-state index contributed by atoms with van der Waals surface area (Å²) in [6.45, 7) is 5.58. The smallest absolute Gasteiger partial charge is 0.162 e. The monoisotopic (exact) mass is 475 g/mol. The van der Waals surface area contributed by atoms with Gasteiger partial charge in [0.05, 0.1) is 23.3 Å². The van der Waals surface area contributed by atoms with Crippen LogP contribution in [-0.2, 0) is 13.2 Å². The zero-order valence-electron chi connectivity index (χ0n) is 15.4. The Hall–Kier alpha value is -0.980. The molecule has 0 aliphatic carbocycles. The SMILES string of the molecule is CCOc1cc(CNC(CC)CO)c(Br)cc1OCc1ccc(Cl)c(Cl)c1. The second-order valence-electron chi connectivity index (χ2n) is 6.03. The van der Waals surface area contributed by atoms with Gasteiger partial charge in [-0.25, -0.2) is 0 Å². The Kier molecular flexibility index (Phi) is 9.19. The van der Waals surface area contributed by atoms with Gasteiger partial charge in [-0.05, 0) is 48.7 Å². The molecule has 1 unspecified atom stereocenters. The lowest BCUT2D eigenvalue weighted by atomic mass is 10.1. The Morgan fingerprint density at radius 3 is 2.44 bits per heavy atom. The van der Waals surface area contributed by atoms with Gasteiger partial charge in [0.1, 0.15) is 6.61 Å². The number of nitrogens with one attached hydrogen (secondary N) is 1. The van der Waals surface area contributed by atoms with Crippen LogP contribution in [0.25, 0.3) is 0 Å². The first-order valence-corrected chi connectivity index (χ1v) is 10.4. The maximum absolute atomic E-state index is 9.33. The molecule has 0 aromatic heterocycles. The number of benzene rings is 2. The number of halogens is 3. The molecule has 148 valence electrons. The summed E-state index contributed by atoms with van der Waals surface area (Å²) in [6, 6.07) is 9.34. The van der Waals surface area contributed by atoms with Crippen molar-refractivity contribution in [3.05, 3.63) is 56.0 Å². The molecule has 1 atom stereocenters. The van der Waals surface area contributed by atoms with Gasteiger partial charge in [0, 0.05) is 17.1 Å². The predicted molar refractivity (Wildman–Crippen MR) is 114 cm³/mol. The Balaban J connectivity index is 2.15. The van der Waals surface area contributed by atoms with Gasteiger partial charge in [0.2, 0.25) is 0 Å². The summed E-state index contributed by atoms with van der Waals surface area (Å²) < 4.78 is 12.6. The topological polar surface area (TPSA) is 50.7 Å². The van der Waals surface area contributed by atoms with Gasteiger partial charge in [0.15, 0.2) is 11.5 Å². The molecule has 2 aromatic rings. The standard InChI is InChI=1S/C20H24BrCl2NO3/c1-3-15(11-25)24-10-14-8-19(26-4-2)20(9-16(14)21)27-12-13-5-6-17(22)18(23)7-13/h5-9,15,24-25H,3-4,10-12H2,1-2H3. The quantitative estimate of drug-likeness (QED) is 0.469. The van der Waals surface area contributed by atoms with Gasteiger partial charge in [-0.1, -0.05) is 52.1 Å². The Labute approximate surface area is 178 Å². The Bertz CT molecular complexity index is 754. The molecule has 0 amide bonds. The highest BCUT2D eigenvalue weighted by Gasteiger charge is 2.13. The molecule has 4 nitrogen and oxygen atoms in total. The van der Waals surface area contributed by atoms with Crippen molar-refractivity contribution in [2.24, 2.45) is 0 Å². The lowest BCUT2D eigenvalue weighted by molar-refractivity contribution is 0.238. The molecule has 0 aliphatic rings. The average Bonchev–Trinajstić information content (AvgIpc) is 2.66. The predicted octanol–water partition coefficient (Wildman–Crippen LogP) is 5.59. The van der Waals surface area contributed by atoms with E-state index in [0.717, 1.165) is 22.0 Å². The van der Waals surface area contributed by atoms with Crippen molar-refractivity contribution in [3.63, 3.8) is 0 Å². The van der Waals surface area contributed by atoms with E-state index in [-0.39, 0.29) is 12.6 Å². The zero-order chi connectivity index (χ0) is 19.8. The van der Waals surface area contributed by atoms with Gasteiger partial charge in [-0.15, -0.1) is 0 Å². The van der Waals surface area contributed by atoms with E-state index in [1.807, 2.05) is 32.0 Å². The molecular formula is C20H24BrCl2NO3. The van der Waals surface area contributed by atoms with Crippen LogP contribution in [0, 0.1) is 0 Å². The normalized spacial score (nSPS) is 12.1. The van der Waals surface area contributed by atoms with E-state index in [1.54, 1.807) is 12.1 Å². The van der Waals surface area contributed by atoms with Crippen LogP contribution < -0.4 is 14.8 Å². The van der Waals surface area contributed by atoms with Crippen LogP contribution >= 0.6 is 39.1 Å². The van der Waals surface area contributed by atoms with Gasteiger partial charge >= 0.3 is 0 Å². The van der Waals surface area contributed by atoms with Gasteiger partial charge < -0.3 is 19.9 Å². The first-order valence-electron chi connectivity index (χ1n) is 8.84. The molecule has 27 heavy (non-hydrogen) atoms. The number of ether oxygens (including phenoxy) is 2. The van der Waals surface area contributed by atoms with Crippen molar-refractivity contribution >= 4 is 39.1 Å². The lowest BCUT2D eigenvalue weighted by Crippen LogP contribution is -2.31. The minimum Gasteiger partial charge on any atom is -0.490 e. The van der Waals surface area contributed by atoms with Crippen LogP contribution in [-0.4, -0.2) is 24.4 Å². The summed E-state index contributed by atoms with van der Waals surface area (Å²) in [5.74, 6) is 1.32. The minimum atomic E-state index is 0.0676. The molecule has 0 radical (unpaired) electrons. The van der Waals surface area contributed by atoms with E-state index in [1.165, 1.54) is 0 Å². The number of rotatable bonds is 10. The van der Waals surface area contributed by atoms with Crippen molar-refractivity contribution in [1.82, 2.24) is 5.32 Å². The van der Waals surface area contributed by atoms with Crippen molar-refractivity contribution in [2.45, 2.75) is 39.5 Å². The van der Waals surface area contributed by atoms with Crippen molar-refractivity contribution < 1.29 is 14.6 Å². The molecule has 0 fully saturated rings. The summed E-state index contributed by atoms with van der Waals surface area (Å²) in [6.07, 6.45) is 0.858. The molecule has 0 aliphatic heterocycles. The molecule has 0 bridgehead atoms. The maximum atomic E-state index is 9.33. The largest absolute Gasteiger partial charge is 0.490 e. The molecule has 2 aromatic carbocycles.